The summed E-state index contributed by atoms with van der Waals surface area (Å²) in [5.41, 5.74) is 4.85. The average molecular weight is 390 g/mol. The Labute approximate surface area is 170 Å². The molecule has 1 aromatic heterocycles. The number of hydrogen-bond acceptors (Lipinski definition) is 3. The number of benzene rings is 2. The van der Waals surface area contributed by atoms with E-state index in [1.165, 1.54) is 21.4 Å². The first-order valence-electron chi connectivity index (χ1n) is 10.00. The zero-order valence-electron chi connectivity index (χ0n) is 16.6. The summed E-state index contributed by atoms with van der Waals surface area (Å²) >= 11 is 0. The van der Waals surface area contributed by atoms with Gasteiger partial charge in [0.1, 0.15) is 0 Å². The summed E-state index contributed by atoms with van der Waals surface area (Å²) in [6.45, 7) is 2.42. The lowest BCUT2D eigenvalue weighted by Crippen LogP contribution is -2.32. The number of imide groups is 1. The number of aromatic amines is 1. The number of rotatable bonds is 8. The first kappa shape index (κ1) is 19.2. The molecular weight excluding hydrogens is 364 g/mol. The van der Waals surface area contributed by atoms with Crippen molar-refractivity contribution >= 4 is 22.8 Å². The minimum absolute atomic E-state index is 0.107. The maximum Gasteiger partial charge on any atom is 0.324 e. The van der Waals surface area contributed by atoms with Gasteiger partial charge >= 0.3 is 6.03 Å². The molecule has 4 rings (SSSR count). The third kappa shape index (κ3) is 4.49. The number of nitrogens with one attached hydrogen (secondary N) is 2. The second-order valence-corrected chi connectivity index (χ2v) is 7.62. The molecule has 1 fully saturated rings. The molecule has 1 aliphatic heterocycles. The van der Waals surface area contributed by atoms with Crippen LogP contribution in [0.5, 0.6) is 0 Å². The molecule has 29 heavy (non-hydrogen) atoms. The van der Waals surface area contributed by atoms with Gasteiger partial charge < -0.3 is 15.2 Å². The van der Waals surface area contributed by atoms with Gasteiger partial charge in [-0.15, -0.1) is 0 Å². The third-order valence-electron chi connectivity index (χ3n) is 5.45. The largest absolute Gasteiger partial charge is 0.361 e. The molecule has 1 aliphatic rings. The highest BCUT2D eigenvalue weighted by molar-refractivity contribution is 6.01. The second-order valence-electron chi connectivity index (χ2n) is 7.62. The summed E-state index contributed by atoms with van der Waals surface area (Å²) in [6, 6.07) is 16.5. The van der Waals surface area contributed by atoms with Crippen LogP contribution in [0.3, 0.4) is 0 Å². The molecule has 0 unspecified atom stereocenters. The Morgan fingerprint density at radius 2 is 1.86 bits per heavy atom. The van der Waals surface area contributed by atoms with E-state index >= 15 is 0 Å². The highest BCUT2D eigenvalue weighted by atomic mass is 16.2. The molecule has 0 bridgehead atoms. The monoisotopic (exact) mass is 390 g/mol. The summed E-state index contributed by atoms with van der Waals surface area (Å²) in [5, 5.41) is 3.78. The Kier molecular flexibility index (Phi) is 5.62. The highest BCUT2D eigenvalue weighted by Gasteiger charge is 2.27. The molecule has 6 heteroatoms. The van der Waals surface area contributed by atoms with Crippen LogP contribution in [0.2, 0.25) is 0 Å². The zero-order valence-corrected chi connectivity index (χ0v) is 16.6. The Morgan fingerprint density at radius 1 is 1.03 bits per heavy atom. The van der Waals surface area contributed by atoms with Gasteiger partial charge in [-0.05, 0) is 48.7 Å². The first-order chi connectivity index (χ1) is 14.1. The lowest BCUT2D eigenvalue weighted by Gasteiger charge is -2.16. The van der Waals surface area contributed by atoms with Crippen LogP contribution >= 0.6 is 0 Å². The van der Waals surface area contributed by atoms with Crippen LogP contribution in [0.25, 0.3) is 10.9 Å². The topological polar surface area (TPSA) is 68.4 Å². The number of fused-ring (bicyclic) bond motifs is 1. The van der Waals surface area contributed by atoms with Crippen molar-refractivity contribution in [3.05, 3.63) is 71.4 Å². The van der Waals surface area contributed by atoms with Crippen molar-refractivity contribution < 1.29 is 9.59 Å². The van der Waals surface area contributed by atoms with Crippen LogP contribution in [0.15, 0.2) is 54.7 Å². The van der Waals surface area contributed by atoms with E-state index in [1.807, 2.05) is 6.07 Å². The van der Waals surface area contributed by atoms with Crippen molar-refractivity contribution in [1.29, 1.82) is 0 Å². The van der Waals surface area contributed by atoms with E-state index in [2.05, 4.69) is 70.9 Å². The van der Waals surface area contributed by atoms with Crippen molar-refractivity contribution in [2.75, 3.05) is 26.7 Å². The molecule has 0 saturated carbocycles. The van der Waals surface area contributed by atoms with E-state index < -0.39 is 0 Å². The molecule has 2 N–H and O–H groups in total. The van der Waals surface area contributed by atoms with Gasteiger partial charge in [0, 0.05) is 36.7 Å². The van der Waals surface area contributed by atoms with E-state index in [0.717, 1.165) is 30.6 Å². The van der Waals surface area contributed by atoms with E-state index in [-0.39, 0.29) is 18.5 Å². The standard InChI is InChI=1S/C23H26N4O2/c1-26(16-18-5-3-2-4-6-18)11-10-19-14-24-21-8-7-17(13-20(19)21)9-12-27-22(28)15-25-23(27)29/h2-8,13-14,24H,9-12,15-16H2,1H3,(H,25,29). The molecule has 2 aromatic carbocycles. The summed E-state index contributed by atoms with van der Waals surface area (Å²) in [5.74, 6) is -0.153. The van der Waals surface area contributed by atoms with Crippen LogP contribution in [-0.4, -0.2) is 53.4 Å². The van der Waals surface area contributed by atoms with Crippen molar-refractivity contribution in [3.63, 3.8) is 0 Å². The molecule has 0 spiro atoms. The van der Waals surface area contributed by atoms with Gasteiger partial charge in [0.25, 0.3) is 0 Å². The Bertz CT molecular complexity index is 996. The van der Waals surface area contributed by atoms with Gasteiger partial charge in [0.2, 0.25) is 5.91 Å². The third-order valence-corrected chi connectivity index (χ3v) is 5.45. The van der Waals surface area contributed by atoms with Gasteiger partial charge in [-0.2, -0.15) is 0 Å². The second kappa shape index (κ2) is 8.49. The number of carbonyl (C=O) groups is 2. The molecule has 150 valence electrons. The molecular formula is C23H26N4O2. The number of H-pyrrole nitrogens is 1. The minimum Gasteiger partial charge on any atom is -0.361 e. The zero-order chi connectivity index (χ0) is 20.2. The van der Waals surface area contributed by atoms with Crippen molar-refractivity contribution in [2.45, 2.75) is 19.4 Å². The lowest BCUT2D eigenvalue weighted by molar-refractivity contribution is -0.124. The number of carbonyl (C=O) groups excluding carboxylic acids is 2. The quantitative estimate of drug-likeness (QED) is 0.581. The lowest BCUT2D eigenvalue weighted by atomic mass is 10.0. The summed E-state index contributed by atoms with van der Waals surface area (Å²) in [4.78, 5) is 30.4. The van der Waals surface area contributed by atoms with Crippen LogP contribution < -0.4 is 5.32 Å². The Balaban J connectivity index is 1.39. The van der Waals surface area contributed by atoms with Crippen LogP contribution in [-0.2, 0) is 24.2 Å². The molecule has 3 amide bonds. The SMILES string of the molecule is CN(CCc1c[nH]c2ccc(CCN3C(=O)CNC3=O)cc12)Cc1ccccc1. The molecule has 3 aromatic rings. The molecule has 1 saturated heterocycles. The van der Waals surface area contributed by atoms with Crippen molar-refractivity contribution in [1.82, 2.24) is 20.1 Å². The molecule has 2 heterocycles. The summed E-state index contributed by atoms with van der Waals surface area (Å²) in [6.07, 6.45) is 3.70. The van der Waals surface area contributed by atoms with Crippen molar-refractivity contribution in [3.8, 4) is 0 Å². The first-order valence-corrected chi connectivity index (χ1v) is 10.00. The summed E-state index contributed by atoms with van der Waals surface area (Å²) in [7, 11) is 2.14. The van der Waals surface area contributed by atoms with E-state index in [0.29, 0.717) is 13.0 Å². The fraction of sp³-hybridized carbons (Fsp3) is 0.304. The average Bonchev–Trinajstić information content (AvgIpc) is 3.28. The van der Waals surface area contributed by atoms with E-state index in [1.54, 1.807) is 0 Å². The highest BCUT2D eigenvalue weighted by Crippen LogP contribution is 2.21. The maximum atomic E-state index is 11.7. The van der Waals surface area contributed by atoms with Gasteiger partial charge in [-0.3, -0.25) is 9.69 Å². The Hall–Kier alpha value is -3.12. The van der Waals surface area contributed by atoms with Gasteiger partial charge in [0.05, 0.1) is 6.54 Å². The molecule has 0 aliphatic carbocycles. The summed E-state index contributed by atoms with van der Waals surface area (Å²) < 4.78 is 0. The minimum atomic E-state index is -0.292. The van der Waals surface area contributed by atoms with Gasteiger partial charge in [0.15, 0.2) is 0 Å². The van der Waals surface area contributed by atoms with Gasteiger partial charge in [-0.25, -0.2) is 4.79 Å². The van der Waals surface area contributed by atoms with Gasteiger partial charge in [-0.1, -0.05) is 36.4 Å². The number of amides is 3. The van der Waals surface area contributed by atoms with Crippen molar-refractivity contribution in [2.24, 2.45) is 0 Å². The predicted octanol–water partition coefficient (Wildman–Crippen LogP) is 2.94. The number of nitrogens with zero attached hydrogens (tertiary/aromatic N) is 2. The molecule has 0 atom stereocenters. The number of hydrogen-bond donors (Lipinski definition) is 2. The number of urea groups is 1. The Morgan fingerprint density at radius 3 is 2.62 bits per heavy atom. The molecule has 6 nitrogen and oxygen atoms in total. The fourth-order valence-electron chi connectivity index (χ4n) is 3.80. The smallest absolute Gasteiger partial charge is 0.324 e. The number of aromatic nitrogens is 1. The van der Waals surface area contributed by atoms with Crippen LogP contribution in [0, 0.1) is 0 Å². The number of likely N-dealkylation sites (N-methyl/N-ethyl adjacent to an activating group) is 1. The molecule has 0 radical (unpaired) electrons. The van der Waals surface area contributed by atoms with E-state index in [9.17, 15) is 9.59 Å². The maximum absolute atomic E-state index is 11.7. The van der Waals surface area contributed by atoms with Crippen LogP contribution in [0.1, 0.15) is 16.7 Å². The van der Waals surface area contributed by atoms with Crippen LogP contribution in [0.4, 0.5) is 4.79 Å². The normalized spacial score (nSPS) is 14.2. The van der Waals surface area contributed by atoms with E-state index in [4.69, 9.17) is 0 Å². The predicted molar refractivity (Wildman–Crippen MR) is 114 cm³/mol. The fourth-order valence-corrected chi connectivity index (χ4v) is 3.80.